The van der Waals surface area contributed by atoms with Crippen LogP contribution in [0.1, 0.15) is 25.3 Å². The zero-order chi connectivity index (χ0) is 12.1. The fourth-order valence-corrected chi connectivity index (χ4v) is 2.14. The molecule has 2 heterocycles. The highest BCUT2D eigenvalue weighted by Crippen LogP contribution is 2.25. The molecule has 0 bridgehead atoms. The number of hydrogen-bond donors (Lipinski definition) is 2. The van der Waals surface area contributed by atoms with Gasteiger partial charge in [0.1, 0.15) is 11.9 Å². The van der Waals surface area contributed by atoms with E-state index in [4.69, 9.17) is 5.26 Å². The van der Waals surface area contributed by atoms with Crippen LogP contribution in [-0.4, -0.2) is 24.6 Å². The number of nitrogens with zero attached hydrogens (tertiary/aromatic N) is 2. The fourth-order valence-electron chi connectivity index (χ4n) is 2.14. The highest BCUT2D eigenvalue weighted by Gasteiger charge is 2.26. The van der Waals surface area contributed by atoms with Crippen LogP contribution < -0.4 is 10.6 Å². The number of piperidine rings is 1. The summed E-state index contributed by atoms with van der Waals surface area (Å²) in [6.07, 6.45) is 4.08. The van der Waals surface area contributed by atoms with E-state index in [0.29, 0.717) is 11.0 Å². The molecule has 1 aliphatic heterocycles. The van der Waals surface area contributed by atoms with Crippen LogP contribution >= 0.6 is 0 Å². The summed E-state index contributed by atoms with van der Waals surface area (Å²) in [6, 6.07) is 5.71. The molecule has 2 N–H and O–H groups in total. The molecule has 1 unspecified atom stereocenters. The molecule has 4 heteroatoms. The first-order valence-electron chi connectivity index (χ1n) is 6.03. The van der Waals surface area contributed by atoms with Crippen LogP contribution in [0.5, 0.6) is 0 Å². The van der Waals surface area contributed by atoms with Gasteiger partial charge in [-0.15, -0.1) is 0 Å². The van der Waals surface area contributed by atoms with E-state index in [0.717, 1.165) is 25.5 Å². The van der Waals surface area contributed by atoms with Crippen LogP contribution in [0.4, 0.5) is 5.82 Å². The van der Waals surface area contributed by atoms with Gasteiger partial charge in [-0.2, -0.15) is 5.26 Å². The van der Waals surface area contributed by atoms with Crippen molar-refractivity contribution in [2.45, 2.75) is 19.8 Å². The third-order valence-corrected chi connectivity index (χ3v) is 3.27. The van der Waals surface area contributed by atoms with Gasteiger partial charge in [-0.3, -0.25) is 0 Å². The van der Waals surface area contributed by atoms with E-state index in [1.165, 1.54) is 12.8 Å². The average molecular weight is 230 g/mol. The Morgan fingerprint density at radius 2 is 2.47 bits per heavy atom. The second kappa shape index (κ2) is 5.15. The van der Waals surface area contributed by atoms with E-state index in [-0.39, 0.29) is 0 Å². The molecule has 0 radical (unpaired) electrons. The summed E-state index contributed by atoms with van der Waals surface area (Å²) in [5.41, 5.74) is 0.898. The first kappa shape index (κ1) is 11.9. The number of hydrogen-bond acceptors (Lipinski definition) is 4. The molecule has 0 spiro atoms. The molecule has 1 fully saturated rings. The minimum Gasteiger partial charge on any atom is -0.369 e. The molecule has 0 aromatic carbocycles. The number of anilines is 1. The highest BCUT2D eigenvalue weighted by atomic mass is 15.0. The van der Waals surface area contributed by atoms with Crippen LogP contribution in [0.25, 0.3) is 0 Å². The van der Waals surface area contributed by atoms with Crippen molar-refractivity contribution < 1.29 is 0 Å². The van der Waals surface area contributed by atoms with E-state index in [2.05, 4.69) is 28.6 Å². The minimum absolute atomic E-state index is 0.299. The van der Waals surface area contributed by atoms with Crippen molar-refractivity contribution in [2.75, 3.05) is 25.0 Å². The molecule has 1 aromatic rings. The molecular formula is C13H18N4. The zero-order valence-electron chi connectivity index (χ0n) is 10.2. The van der Waals surface area contributed by atoms with Crippen molar-refractivity contribution in [3.05, 3.63) is 23.9 Å². The van der Waals surface area contributed by atoms with Gasteiger partial charge < -0.3 is 10.6 Å². The molecule has 0 amide bonds. The number of pyridine rings is 1. The third-order valence-electron chi connectivity index (χ3n) is 3.27. The van der Waals surface area contributed by atoms with E-state index in [1.54, 1.807) is 12.3 Å². The number of aromatic nitrogens is 1. The van der Waals surface area contributed by atoms with E-state index >= 15 is 0 Å². The van der Waals surface area contributed by atoms with Crippen LogP contribution in [0.2, 0.25) is 0 Å². The fraction of sp³-hybridized carbons (Fsp3) is 0.538. The molecule has 17 heavy (non-hydrogen) atoms. The second-order valence-corrected chi connectivity index (χ2v) is 4.99. The minimum atomic E-state index is 0.299. The molecule has 1 saturated heterocycles. The van der Waals surface area contributed by atoms with Gasteiger partial charge in [0, 0.05) is 19.3 Å². The molecule has 1 atom stereocenters. The van der Waals surface area contributed by atoms with Gasteiger partial charge in [0.25, 0.3) is 0 Å². The zero-order valence-corrected chi connectivity index (χ0v) is 10.2. The number of rotatable bonds is 3. The second-order valence-electron chi connectivity index (χ2n) is 4.99. The lowest BCUT2D eigenvalue weighted by atomic mass is 9.83. The van der Waals surface area contributed by atoms with E-state index < -0.39 is 0 Å². The van der Waals surface area contributed by atoms with Crippen LogP contribution in [0.15, 0.2) is 18.3 Å². The van der Waals surface area contributed by atoms with Crippen molar-refractivity contribution in [3.63, 3.8) is 0 Å². The number of nitriles is 1. The molecule has 1 aromatic heterocycles. The highest BCUT2D eigenvalue weighted by molar-refractivity contribution is 5.39. The number of nitrogens with one attached hydrogen (secondary N) is 2. The average Bonchev–Trinajstić information content (AvgIpc) is 2.38. The van der Waals surface area contributed by atoms with Gasteiger partial charge in [0.05, 0.1) is 5.56 Å². The lowest BCUT2D eigenvalue weighted by Gasteiger charge is -2.34. The lowest BCUT2D eigenvalue weighted by Crippen LogP contribution is -2.42. The molecule has 0 aliphatic carbocycles. The monoisotopic (exact) mass is 230 g/mol. The Morgan fingerprint density at radius 3 is 3.06 bits per heavy atom. The Hall–Kier alpha value is -1.60. The molecule has 4 nitrogen and oxygen atoms in total. The van der Waals surface area contributed by atoms with Gasteiger partial charge in [-0.25, -0.2) is 4.98 Å². The smallest absolute Gasteiger partial charge is 0.125 e. The Kier molecular flexibility index (Phi) is 3.60. The van der Waals surface area contributed by atoms with Gasteiger partial charge in [-0.05, 0) is 36.9 Å². The maximum atomic E-state index is 8.68. The molecule has 1 aliphatic rings. The third kappa shape index (κ3) is 3.18. The Morgan fingerprint density at radius 1 is 1.59 bits per heavy atom. The van der Waals surface area contributed by atoms with Crippen molar-refractivity contribution >= 4 is 5.82 Å². The maximum Gasteiger partial charge on any atom is 0.125 e. The first-order chi connectivity index (χ1) is 8.22. The largest absolute Gasteiger partial charge is 0.369 e. The SMILES string of the molecule is CC1(CNc2ccc(C#N)cn2)CCCNC1. The van der Waals surface area contributed by atoms with Crippen molar-refractivity contribution in [1.29, 1.82) is 5.26 Å². The molecule has 0 saturated carbocycles. The van der Waals surface area contributed by atoms with Crippen molar-refractivity contribution in [2.24, 2.45) is 5.41 Å². The summed E-state index contributed by atoms with van der Waals surface area (Å²) in [7, 11) is 0. The van der Waals surface area contributed by atoms with Crippen LogP contribution in [0.3, 0.4) is 0 Å². The standard InChI is InChI=1S/C13H18N4/c1-13(5-2-6-15-9-13)10-17-12-4-3-11(7-14)8-16-12/h3-4,8,15H,2,5-6,9-10H2,1H3,(H,16,17). The molecule has 2 rings (SSSR count). The summed E-state index contributed by atoms with van der Waals surface area (Å²) >= 11 is 0. The van der Waals surface area contributed by atoms with Crippen molar-refractivity contribution in [3.8, 4) is 6.07 Å². The summed E-state index contributed by atoms with van der Waals surface area (Å²) in [4.78, 5) is 4.21. The maximum absolute atomic E-state index is 8.68. The Bertz CT molecular complexity index is 398. The quantitative estimate of drug-likeness (QED) is 0.830. The summed E-state index contributed by atoms with van der Waals surface area (Å²) in [6.45, 7) is 5.38. The normalized spacial score (nSPS) is 24.0. The van der Waals surface area contributed by atoms with Gasteiger partial charge in [0.15, 0.2) is 0 Å². The Labute approximate surface area is 102 Å². The van der Waals surface area contributed by atoms with Crippen LogP contribution in [0, 0.1) is 16.7 Å². The van der Waals surface area contributed by atoms with Gasteiger partial charge in [0.2, 0.25) is 0 Å². The summed E-state index contributed by atoms with van der Waals surface area (Å²) < 4.78 is 0. The van der Waals surface area contributed by atoms with E-state index in [9.17, 15) is 0 Å². The molecule has 90 valence electrons. The van der Waals surface area contributed by atoms with E-state index in [1.807, 2.05) is 6.07 Å². The summed E-state index contributed by atoms with van der Waals surface area (Å²) in [5.74, 6) is 0.843. The van der Waals surface area contributed by atoms with Crippen LogP contribution in [-0.2, 0) is 0 Å². The first-order valence-corrected chi connectivity index (χ1v) is 6.03. The predicted octanol–water partition coefficient (Wildman–Crippen LogP) is 1.75. The molecular weight excluding hydrogens is 212 g/mol. The van der Waals surface area contributed by atoms with Gasteiger partial charge in [-0.1, -0.05) is 6.92 Å². The lowest BCUT2D eigenvalue weighted by molar-refractivity contribution is 0.253. The van der Waals surface area contributed by atoms with Crippen molar-refractivity contribution in [1.82, 2.24) is 10.3 Å². The Balaban J connectivity index is 1.90. The topological polar surface area (TPSA) is 60.7 Å². The summed E-state index contributed by atoms with van der Waals surface area (Å²) in [5, 5.41) is 15.5. The predicted molar refractivity (Wildman–Crippen MR) is 67.7 cm³/mol. The van der Waals surface area contributed by atoms with Gasteiger partial charge >= 0.3 is 0 Å².